The standard InChI is InChI=1S/C15H18N2O2/c1-18-13-4-2-3-12(9-13)15-17-10-14(19-15)11-5-7-16-8-6-11/h2-4,9-11,16H,5-8H2,1H3. The summed E-state index contributed by atoms with van der Waals surface area (Å²) in [6, 6.07) is 7.79. The van der Waals surface area contributed by atoms with Gasteiger partial charge in [0.25, 0.3) is 0 Å². The van der Waals surface area contributed by atoms with E-state index in [4.69, 9.17) is 9.15 Å². The first kappa shape index (κ1) is 12.2. The van der Waals surface area contributed by atoms with Crippen molar-refractivity contribution >= 4 is 0 Å². The zero-order valence-electron chi connectivity index (χ0n) is 11.1. The molecule has 1 saturated heterocycles. The largest absolute Gasteiger partial charge is 0.497 e. The highest BCUT2D eigenvalue weighted by Gasteiger charge is 2.19. The van der Waals surface area contributed by atoms with Crippen molar-refractivity contribution < 1.29 is 9.15 Å². The Kier molecular flexibility index (Phi) is 3.51. The molecule has 0 saturated carbocycles. The number of rotatable bonds is 3. The van der Waals surface area contributed by atoms with Crippen LogP contribution in [0, 0.1) is 0 Å². The second-order valence-corrected chi connectivity index (χ2v) is 4.82. The molecule has 1 aliphatic rings. The zero-order chi connectivity index (χ0) is 13.1. The van der Waals surface area contributed by atoms with E-state index in [1.165, 1.54) is 0 Å². The highest BCUT2D eigenvalue weighted by Crippen LogP contribution is 2.30. The van der Waals surface area contributed by atoms with Gasteiger partial charge < -0.3 is 14.5 Å². The fourth-order valence-corrected chi connectivity index (χ4v) is 2.47. The molecule has 1 aliphatic heterocycles. The molecule has 2 aromatic rings. The number of hydrogen-bond donors (Lipinski definition) is 1. The van der Waals surface area contributed by atoms with Gasteiger partial charge in [-0.3, -0.25) is 0 Å². The van der Waals surface area contributed by atoms with E-state index in [1.807, 2.05) is 30.5 Å². The Bertz CT molecular complexity index is 545. The van der Waals surface area contributed by atoms with Gasteiger partial charge in [0.05, 0.1) is 13.3 Å². The predicted molar refractivity (Wildman–Crippen MR) is 73.3 cm³/mol. The number of methoxy groups -OCH3 is 1. The van der Waals surface area contributed by atoms with Crippen molar-refractivity contribution in [1.29, 1.82) is 0 Å². The summed E-state index contributed by atoms with van der Waals surface area (Å²) < 4.78 is 11.1. The van der Waals surface area contributed by atoms with E-state index in [-0.39, 0.29) is 0 Å². The minimum absolute atomic E-state index is 0.494. The molecule has 1 aromatic carbocycles. The number of oxazole rings is 1. The van der Waals surface area contributed by atoms with Crippen LogP contribution in [0.15, 0.2) is 34.9 Å². The van der Waals surface area contributed by atoms with Gasteiger partial charge in [-0.2, -0.15) is 0 Å². The SMILES string of the molecule is COc1cccc(-c2ncc(C3CCNCC3)o2)c1. The van der Waals surface area contributed by atoms with Crippen LogP contribution in [0.2, 0.25) is 0 Å². The molecule has 0 aliphatic carbocycles. The summed E-state index contributed by atoms with van der Waals surface area (Å²) in [6.45, 7) is 2.11. The summed E-state index contributed by atoms with van der Waals surface area (Å²) in [7, 11) is 1.66. The van der Waals surface area contributed by atoms with E-state index in [0.717, 1.165) is 43.0 Å². The van der Waals surface area contributed by atoms with Gasteiger partial charge in [-0.1, -0.05) is 6.07 Å². The zero-order valence-corrected chi connectivity index (χ0v) is 11.1. The fraction of sp³-hybridized carbons (Fsp3) is 0.400. The number of aromatic nitrogens is 1. The molecule has 1 aromatic heterocycles. The Labute approximate surface area is 112 Å². The molecule has 0 radical (unpaired) electrons. The number of benzene rings is 1. The second kappa shape index (κ2) is 5.45. The maximum absolute atomic E-state index is 5.91. The van der Waals surface area contributed by atoms with Crippen LogP contribution in [0.3, 0.4) is 0 Å². The second-order valence-electron chi connectivity index (χ2n) is 4.82. The number of ether oxygens (including phenoxy) is 1. The van der Waals surface area contributed by atoms with Crippen molar-refractivity contribution in [2.75, 3.05) is 20.2 Å². The first-order valence-electron chi connectivity index (χ1n) is 6.67. The lowest BCUT2D eigenvalue weighted by Crippen LogP contribution is -2.26. The Morgan fingerprint density at radius 1 is 1.32 bits per heavy atom. The van der Waals surface area contributed by atoms with Crippen LogP contribution in [0.1, 0.15) is 24.5 Å². The van der Waals surface area contributed by atoms with Crippen molar-refractivity contribution in [3.8, 4) is 17.2 Å². The van der Waals surface area contributed by atoms with Crippen molar-refractivity contribution in [2.24, 2.45) is 0 Å². The summed E-state index contributed by atoms with van der Waals surface area (Å²) in [5.41, 5.74) is 0.958. The summed E-state index contributed by atoms with van der Waals surface area (Å²) in [4.78, 5) is 4.39. The van der Waals surface area contributed by atoms with Crippen molar-refractivity contribution in [2.45, 2.75) is 18.8 Å². The maximum atomic E-state index is 5.91. The van der Waals surface area contributed by atoms with Gasteiger partial charge in [0.15, 0.2) is 0 Å². The average molecular weight is 258 g/mol. The maximum Gasteiger partial charge on any atom is 0.226 e. The molecule has 3 rings (SSSR count). The van der Waals surface area contributed by atoms with Gasteiger partial charge in [0, 0.05) is 11.5 Å². The van der Waals surface area contributed by atoms with Gasteiger partial charge in [0.2, 0.25) is 5.89 Å². The number of hydrogen-bond acceptors (Lipinski definition) is 4. The molecule has 4 nitrogen and oxygen atoms in total. The molecule has 1 N–H and O–H groups in total. The third-order valence-electron chi connectivity index (χ3n) is 3.58. The normalized spacial score (nSPS) is 16.5. The number of nitrogens with one attached hydrogen (secondary N) is 1. The van der Waals surface area contributed by atoms with Crippen LogP contribution in [-0.2, 0) is 0 Å². The molecule has 100 valence electrons. The van der Waals surface area contributed by atoms with E-state index in [2.05, 4.69) is 10.3 Å². The minimum atomic E-state index is 0.494. The van der Waals surface area contributed by atoms with E-state index in [9.17, 15) is 0 Å². The van der Waals surface area contributed by atoms with Crippen LogP contribution >= 0.6 is 0 Å². The third-order valence-corrected chi connectivity index (χ3v) is 3.58. The third kappa shape index (κ3) is 2.63. The summed E-state index contributed by atoms with van der Waals surface area (Å²) in [6.07, 6.45) is 4.10. The lowest BCUT2D eigenvalue weighted by molar-refractivity contribution is 0.389. The van der Waals surface area contributed by atoms with Crippen LogP contribution in [0.5, 0.6) is 5.75 Å². The van der Waals surface area contributed by atoms with Gasteiger partial charge in [-0.25, -0.2) is 4.98 Å². The highest BCUT2D eigenvalue weighted by atomic mass is 16.5. The Morgan fingerprint density at radius 3 is 2.95 bits per heavy atom. The summed E-state index contributed by atoms with van der Waals surface area (Å²) in [5.74, 6) is 2.99. The molecule has 19 heavy (non-hydrogen) atoms. The Morgan fingerprint density at radius 2 is 2.16 bits per heavy atom. The van der Waals surface area contributed by atoms with Crippen molar-refractivity contribution in [3.63, 3.8) is 0 Å². The molecular weight excluding hydrogens is 240 g/mol. The van der Waals surface area contributed by atoms with E-state index in [0.29, 0.717) is 11.8 Å². The van der Waals surface area contributed by atoms with Crippen LogP contribution in [0.4, 0.5) is 0 Å². The Balaban J connectivity index is 1.83. The molecule has 0 atom stereocenters. The van der Waals surface area contributed by atoms with E-state index >= 15 is 0 Å². The van der Waals surface area contributed by atoms with Crippen LogP contribution in [0.25, 0.3) is 11.5 Å². The lowest BCUT2D eigenvalue weighted by atomic mass is 9.96. The summed E-state index contributed by atoms with van der Waals surface area (Å²) >= 11 is 0. The van der Waals surface area contributed by atoms with Gasteiger partial charge in [-0.15, -0.1) is 0 Å². The highest BCUT2D eigenvalue weighted by molar-refractivity contribution is 5.55. The minimum Gasteiger partial charge on any atom is -0.497 e. The number of nitrogens with zero attached hydrogens (tertiary/aromatic N) is 1. The summed E-state index contributed by atoms with van der Waals surface area (Å²) in [5, 5.41) is 3.36. The molecule has 0 bridgehead atoms. The average Bonchev–Trinajstić information content (AvgIpc) is 2.98. The van der Waals surface area contributed by atoms with Crippen molar-refractivity contribution in [3.05, 3.63) is 36.2 Å². The van der Waals surface area contributed by atoms with E-state index in [1.54, 1.807) is 7.11 Å². The fourth-order valence-electron chi connectivity index (χ4n) is 2.47. The first-order chi connectivity index (χ1) is 9.36. The molecule has 0 unspecified atom stereocenters. The topological polar surface area (TPSA) is 47.3 Å². The number of piperidine rings is 1. The Hall–Kier alpha value is -1.81. The van der Waals surface area contributed by atoms with Gasteiger partial charge in [-0.05, 0) is 44.1 Å². The predicted octanol–water partition coefficient (Wildman–Crippen LogP) is 2.82. The van der Waals surface area contributed by atoms with Gasteiger partial charge in [0.1, 0.15) is 11.5 Å². The first-order valence-corrected chi connectivity index (χ1v) is 6.67. The molecular formula is C15H18N2O2. The smallest absolute Gasteiger partial charge is 0.226 e. The lowest BCUT2D eigenvalue weighted by Gasteiger charge is -2.19. The monoisotopic (exact) mass is 258 g/mol. The van der Waals surface area contributed by atoms with Crippen LogP contribution in [-0.4, -0.2) is 25.2 Å². The molecule has 0 spiro atoms. The van der Waals surface area contributed by atoms with Gasteiger partial charge >= 0.3 is 0 Å². The molecule has 2 heterocycles. The van der Waals surface area contributed by atoms with E-state index < -0.39 is 0 Å². The molecule has 0 amide bonds. The van der Waals surface area contributed by atoms with Crippen LogP contribution < -0.4 is 10.1 Å². The quantitative estimate of drug-likeness (QED) is 0.919. The molecule has 1 fully saturated rings. The molecule has 4 heteroatoms. The van der Waals surface area contributed by atoms with Crippen molar-refractivity contribution in [1.82, 2.24) is 10.3 Å².